The van der Waals surface area contributed by atoms with Crippen molar-refractivity contribution in [1.82, 2.24) is 0 Å². The van der Waals surface area contributed by atoms with E-state index in [2.05, 4.69) is 6.08 Å². The molecule has 0 unspecified atom stereocenters. The molecule has 0 aromatic carbocycles. The van der Waals surface area contributed by atoms with Gasteiger partial charge in [0, 0.05) is 0 Å². The largest absolute Gasteiger partial charge is 0.360 e. The number of hydrogen-bond acceptors (Lipinski definition) is 2. The van der Waals surface area contributed by atoms with Gasteiger partial charge >= 0.3 is 0 Å². The summed E-state index contributed by atoms with van der Waals surface area (Å²) in [6.07, 6.45) is 4.95. The molecule has 2 aliphatic rings. The van der Waals surface area contributed by atoms with Crippen LogP contribution in [-0.4, -0.2) is 17.0 Å². The van der Waals surface area contributed by atoms with Crippen LogP contribution < -0.4 is 0 Å². The Hall–Kier alpha value is -0.630. The molecule has 0 amide bonds. The van der Waals surface area contributed by atoms with E-state index in [1.54, 1.807) is 6.92 Å². The Balaban J connectivity index is 2.35. The second kappa shape index (κ2) is 1.99. The lowest BCUT2D eigenvalue weighted by molar-refractivity contribution is -0.124. The third-order valence-corrected chi connectivity index (χ3v) is 3.01. The Bertz CT molecular complexity index is 269. The average molecular weight is 166 g/mol. The van der Waals surface area contributed by atoms with Crippen LogP contribution in [0.1, 0.15) is 27.2 Å². The molecule has 2 rings (SSSR count). The topological polar surface area (TPSA) is 26.3 Å². The monoisotopic (exact) mass is 166 g/mol. The van der Waals surface area contributed by atoms with E-state index in [-0.39, 0.29) is 22.9 Å². The summed E-state index contributed by atoms with van der Waals surface area (Å²) in [6, 6.07) is 0. The SMILES string of the molecule is CC(=O)[C@@H]1C[C@@]2(C)C=C[C@]1(C)O2. The average Bonchev–Trinajstić information content (AvgIpc) is 2.36. The van der Waals surface area contributed by atoms with Crippen molar-refractivity contribution in [3.63, 3.8) is 0 Å². The lowest BCUT2D eigenvalue weighted by Gasteiger charge is -2.23. The number of ketones is 1. The molecule has 1 saturated heterocycles. The minimum Gasteiger partial charge on any atom is -0.360 e. The summed E-state index contributed by atoms with van der Waals surface area (Å²) in [4.78, 5) is 11.3. The zero-order valence-electron chi connectivity index (χ0n) is 7.76. The fraction of sp³-hybridized carbons (Fsp3) is 0.700. The van der Waals surface area contributed by atoms with Gasteiger partial charge in [-0.1, -0.05) is 12.2 Å². The molecule has 2 bridgehead atoms. The first-order chi connectivity index (χ1) is 5.45. The highest BCUT2D eigenvalue weighted by atomic mass is 16.5. The van der Waals surface area contributed by atoms with Crippen molar-refractivity contribution in [2.45, 2.75) is 38.4 Å². The molecule has 0 aromatic heterocycles. The Morgan fingerprint density at radius 3 is 2.42 bits per heavy atom. The van der Waals surface area contributed by atoms with E-state index in [0.29, 0.717) is 0 Å². The standard InChI is InChI=1S/C10H14O2/c1-7(11)8-6-9(2)4-5-10(8,3)12-9/h4-5,8H,6H2,1-3H3/t8-,9+,10-/m0/s1. The van der Waals surface area contributed by atoms with Crippen molar-refractivity contribution >= 4 is 5.78 Å². The van der Waals surface area contributed by atoms with Crippen LogP contribution in [0.2, 0.25) is 0 Å². The lowest BCUT2D eigenvalue weighted by atomic mass is 9.78. The molecule has 0 radical (unpaired) electrons. The Kier molecular flexibility index (Phi) is 1.33. The highest BCUT2D eigenvalue weighted by molar-refractivity contribution is 5.81. The van der Waals surface area contributed by atoms with Gasteiger partial charge in [0.25, 0.3) is 0 Å². The summed E-state index contributed by atoms with van der Waals surface area (Å²) in [6.45, 7) is 5.68. The van der Waals surface area contributed by atoms with Crippen LogP contribution in [0.4, 0.5) is 0 Å². The minimum atomic E-state index is -0.319. The quantitative estimate of drug-likeness (QED) is 0.554. The Morgan fingerprint density at radius 2 is 2.17 bits per heavy atom. The van der Waals surface area contributed by atoms with Crippen LogP contribution in [0, 0.1) is 5.92 Å². The lowest BCUT2D eigenvalue weighted by Crippen LogP contribution is -2.32. The first-order valence-corrected chi connectivity index (χ1v) is 4.36. The molecule has 0 spiro atoms. The van der Waals surface area contributed by atoms with Gasteiger partial charge in [0.2, 0.25) is 0 Å². The van der Waals surface area contributed by atoms with Crippen molar-refractivity contribution in [3.05, 3.63) is 12.2 Å². The molecule has 12 heavy (non-hydrogen) atoms. The second-order valence-corrected chi connectivity index (χ2v) is 4.30. The van der Waals surface area contributed by atoms with E-state index < -0.39 is 0 Å². The molecule has 3 atom stereocenters. The van der Waals surface area contributed by atoms with Crippen LogP contribution >= 0.6 is 0 Å². The van der Waals surface area contributed by atoms with Gasteiger partial charge in [0.1, 0.15) is 5.78 Å². The van der Waals surface area contributed by atoms with E-state index in [4.69, 9.17) is 4.74 Å². The number of fused-ring (bicyclic) bond motifs is 2. The van der Waals surface area contributed by atoms with E-state index in [0.717, 1.165) is 6.42 Å². The second-order valence-electron chi connectivity index (χ2n) is 4.30. The number of carbonyl (C=O) groups excluding carboxylic acids is 1. The predicted octanol–water partition coefficient (Wildman–Crippen LogP) is 1.70. The van der Waals surface area contributed by atoms with Crippen LogP contribution in [0.3, 0.4) is 0 Å². The molecule has 1 fully saturated rings. The first-order valence-electron chi connectivity index (χ1n) is 4.36. The van der Waals surface area contributed by atoms with E-state index in [1.165, 1.54) is 0 Å². The minimum absolute atomic E-state index is 0.0625. The predicted molar refractivity (Wildman–Crippen MR) is 45.8 cm³/mol. The summed E-state index contributed by atoms with van der Waals surface area (Å²) in [5.74, 6) is 0.304. The van der Waals surface area contributed by atoms with Gasteiger partial charge < -0.3 is 4.74 Å². The molecular weight excluding hydrogens is 152 g/mol. The number of ether oxygens (including phenoxy) is 1. The Morgan fingerprint density at radius 1 is 1.50 bits per heavy atom. The molecule has 2 heteroatoms. The number of rotatable bonds is 1. The molecular formula is C10H14O2. The van der Waals surface area contributed by atoms with Gasteiger partial charge in [0.15, 0.2) is 0 Å². The summed E-state index contributed by atoms with van der Waals surface area (Å²) >= 11 is 0. The molecule has 2 heterocycles. The van der Waals surface area contributed by atoms with Crippen LogP contribution in [0.5, 0.6) is 0 Å². The summed E-state index contributed by atoms with van der Waals surface area (Å²) < 4.78 is 5.79. The van der Waals surface area contributed by atoms with Crippen molar-refractivity contribution in [1.29, 1.82) is 0 Å². The van der Waals surface area contributed by atoms with Gasteiger partial charge in [-0.2, -0.15) is 0 Å². The normalized spacial score (nSPS) is 50.1. The van der Waals surface area contributed by atoms with Gasteiger partial charge in [-0.3, -0.25) is 4.79 Å². The molecule has 2 aliphatic heterocycles. The van der Waals surface area contributed by atoms with E-state index in [1.807, 2.05) is 19.9 Å². The Labute approximate surface area is 72.6 Å². The fourth-order valence-corrected chi connectivity index (χ4v) is 2.36. The maximum Gasteiger partial charge on any atom is 0.136 e. The number of carbonyl (C=O) groups is 1. The summed E-state index contributed by atoms with van der Waals surface area (Å²) in [5.41, 5.74) is -0.494. The van der Waals surface area contributed by atoms with Crippen LogP contribution in [0.15, 0.2) is 12.2 Å². The van der Waals surface area contributed by atoms with Gasteiger partial charge in [-0.25, -0.2) is 0 Å². The molecule has 0 aromatic rings. The number of hydrogen-bond donors (Lipinski definition) is 0. The molecule has 0 saturated carbocycles. The third-order valence-electron chi connectivity index (χ3n) is 3.01. The smallest absolute Gasteiger partial charge is 0.136 e. The van der Waals surface area contributed by atoms with Crippen molar-refractivity contribution in [3.8, 4) is 0 Å². The zero-order valence-corrected chi connectivity index (χ0v) is 7.76. The molecule has 66 valence electrons. The van der Waals surface area contributed by atoms with Crippen LogP contribution in [0.25, 0.3) is 0 Å². The summed E-state index contributed by atoms with van der Waals surface area (Å²) in [5, 5.41) is 0. The first kappa shape index (κ1) is 7.99. The summed E-state index contributed by atoms with van der Waals surface area (Å²) in [7, 11) is 0. The van der Waals surface area contributed by atoms with Gasteiger partial charge in [-0.05, 0) is 27.2 Å². The van der Waals surface area contributed by atoms with Gasteiger partial charge in [0.05, 0.1) is 17.1 Å². The molecule has 0 N–H and O–H groups in total. The molecule has 0 aliphatic carbocycles. The van der Waals surface area contributed by atoms with Crippen LogP contribution in [-0.2, 0) is 9.53 Å². The van der Waals surface area contributed by atoms with E-state index in [9.17, 15) is 4.79 Å². The van der Waals surface area contributed by atoms with Crippen molar-refractivity contribution in [2.24, 2.45) is 5.92 Å². The van der Waals surface area contributed by atoms with E-state index >= 15 is 0 Å². The zero-order chi connectivity index (χ0) is 8.98. The highest BCUT2D eigenvalue weighted by Crippen LogP contribution is 2.49. The van der Waals surface area contributed by atoms with Gasteiger partial charge in [-0.15, -0.1) is 0 Å². The maximum atomic E-state index is 11.3. The fourth-order valence-electron chi connectivity index (χ4n) is 2.36. The maximum absolute atomic E-state index is 11.3. The molecule has 2 nitrogen and oxygen atoms in total. The highest BCUT2D eigenvalue weighted by Gasteiger charge is 2.54. The van der Waals surface area contributed by atoms with Crippen molar-refractivity contribution < 1.29 is 9.53 Å². The number of Topliss-reactive ketones (excluding diaryl/α,β-unsaturated/α-hetero) is 1. The third kappa shape index (κ3) is 0.876. The van der Waals surface area contributed by atoms with Crippen molar-refractivity contribution in [2.75, 3.05) is 0 Å².